The van der Waals surface area contributed by atoms with Crippen molar-refractivity contribution in [1.29, 1.82) is 5.26 Å². The fraction of sp³-hybridized carbons (Fsp3) is 0.533. The molecule has 2 bridgehead atoms. The first kappa shape index (κ1) is 13.0. The monoisotopic (exact) mass is 321 g/mol. The topological polar surface area (TPSA) is 42.2 Å². The van der Waals surface area contributed by atoms with Crippen LogP contribution in [0.3, 0.4) is 0 Å². The lowest BCUT2D eigenvalue weighted by atomic mass is 9.73. The number of fused-ring (bicyclic) bond motifs is 2. The lowest BCUT2D eigenvalue weighted by Crippen LogP contribution is -2.32. The first-order chi connectivity index (χ1) is 9.22. The van der Waals surface area contributed by atoms with Crippen molar-refractivity contribution < 1.29 is 9.47 Å². The van der Waals surface area contributed by atoms with E-state index in [-0.39, 0.29) is 11.5 Å². The van der Waals surface area contributed by atoms with Crippen molar-refractivity contribution in [2.24, 2.45) is 5.41 Å². The Morgan fingerprint density at radius 2 is 2.37 bits per heavy atom. The molecule has 1 aromatic carbocycles. The molecule has 3 rings (SSSR count). The van der Waals surface area contributed by atoms with Crippen molar-refractivity contribution >= 4 is 15.9 Å². The molecule has 2 saturated heterocycles. The summed E-state index contributed by atoms with van der Waals surface area (Å²) in [5, 5.41) is 9.49. The van der Waals surface area contributed by atoms with Crippen LogP contribution in [-0.2, 0) is 4.74 Å². The SMILES string of the molecule is N#CC1(CCOc2cccc(Br)c2)CC2CCC1O2. The second kappa shape index (κ2) is 5.15. The minimum Gasteiger partial charge on any atom is -0.493 e. The second-order valence-electron chi connectivity index (χ2n) is 5.35. The summed E-state index contributed by atoms with van der Waals surface area (Å²) in [7, 11) is 0. The van der Waals surface area contributed by atoms with Crippen molar-refractivity contribution in [3.8, 4) is 11.8 Å². The Morgan fingerprint density at radius 1 is 1.47 bits per heavy atom. The third kappa shape index (κ3) is 2.50. The molecule has 0 spiro atoms. The lowest BCUT2D eigenvalue weighted by molar-refractivity contribution is 0.0714. The quantitative estimate of drug-likeness (QED) is 0.849. The molecular formula is C15H16BrNO2. The summed E-state index contributed by atoms with van der Waals surface area (Å²) in [4.78, 5) is 0. The van der Waals surface area contributed by atoms with E-state index < -0.39 is 0 Å². The van der Waals surface area contributed by atoms with E-state index in [1.807, 2.05) is 24.3 Å². The van der Waals surface area contributed by atoms with Crippen LogP contribution in [0.5, 0.6) is 5.75 Å². The third-order valence-electron chi connectivity index (χ3n) is 4.15. The minimum atomic E-state index is -0.324. The van der Waals surface area contributed by atoms with Crippen LogP contribution in [0.4, 0.5) is 0 Å². The smallest absolute Gasteiger partial charge is 0.120 e. The maximum atomic E-state index is 9.49. The van der Waals surface area contributed by atoms with Crippen molar-refractivity contribution in [3.63, 3.8) is 0 Å². The van der Waals surface area contributed by atoms with Gasteiger partial charge in [0.05, 0.1) is 30.3 Å². The molecule has 2 fully saturated rings. The number of ether oxygens (including phenoxy) is 2. The Bertz CT molecular complexity index is 513. The van der Waals surface area contributed by atoms with E-state index in [0.717, 1.165) is 35.9 Å². The van der Waals surface area contributed by atoms with Gasteiger partial charge in [-0.15, -0.1) is 0 Å². The predicted molar refractivity (Wildman–Crippen MR) is 74.8 cm³/mol. The molecule has 3 unspecified atom stereocenters. The van der Waals surface area contributed by atoms with Gasteiger partial charge in [-0.3, -0.25) is 0 Å². The molecule has 0 aromatic heterocycles. The summed E-state index contributed by atoms with van der Waals surface area (Å²) in [5.74, 6) is 0.839. The molecule has 3 atom stereocenters. The van der Waals surface area contributed by atoms with Gasteiger partial charge in [0.25, 0.3) is 0 Å². The highest BCUT2D eigenvalue weighted by molar-refractivity contribution is 9.10. The van der Waals surface area contributed by atoms with Crippen molar-refractivity contribution in [2.45, 2.75) is 37.9 Å². The number of nitriles is 1. The van der Waals surface area contributed by atoms with Gasteiger partial charge in [0.1, 0.15) is 5.75 Å². The number of rotatable bonds is 4. The summed E-state index contributed by atoms with van der Waals surface area (Å²) in [6, 6.07) is 10.3. The number of hydrogen-bond donors (Lipinski definition) is 0. The summed E-state index contributed by atoms with van der Waals surface area (Å²) in [6.45, 7) is 0.566. The Labute approximate surface area is 121 Å². The highest BCUT2D eigenvalue weighted by Gasteiger charge is 2.52. The van der Waals surface area contributed by atoms with Crippen LogP contribution in [0.25, 0.3) is 0 Å². The van der Waals surface area contributed by atoms with E-state index in [9.17, 15) is 5.26 Å². The molecule has 2 aliphatic rings. The largest absolute Gasteiger partial charge is 0.493 e. The Hall–Kier alpha value is -1.05. The van der Waals surface area contributed by atoms with Gasteiger partial charge in [0.2, 0.25) is 0 Å². The molecular weight excluding hydrogens is 306 g/mol. The van der Waals surface area contributed by atoms with Gasteiger partial charge < -0.3 is 9.47 Å². The van der Waals surface area contributed by atoms with Crippen molar-refractivity contribution in [1.82, 2.24) is 0 Å². The summed E-state index contributed by atoms with van der Waals surface area (Å²) >= 11 is 3.42. The molecule has 0 N–H and O–H groups in total. The van der Waals surface area contributed by atoms with E-state index >= 15 is 0 Å². The van der Waals surface area contributed by atoms with Gasteiger partial charge in [-0.1, -0.05) is 22.0 Å². The summed E-state index contributed by atoms with van der Waals surface area (Å²) in [5.41, 5.74) is -0.324. The Morgan fingerprint density at radius 3 is 3.00 bits per heavy atom. The van der Waals surface area contributed by atoms with E-state index in [2.05, 4.69) is 22.0 Å². The van der Waals surface area contributed by atoms with Crippen LogP contribution < -0.4 is 4.74 Å². The molecule has 4 heteroatoms. The fourth-order valence-electron chi connectivity index (χ4n) is 3.14. The average molecular weight is 322 g/mol. The standard InChI is InChI=1S/C15H16BrNO2/c16-11-2-1-3-12(8-11)18-7-6-15(10-17)9-13-4-5-14(15)19-13/h1-3,8,13-14H,4-7,9H2. The predicted octanol–water partition coefficient (Wildman–Crippen LogP) is 3.68. The van der Waals surface area contributed by atoms with E-state index in [4.69, 9.17) is 9.47 Å². The number of nitrogens with zero attached hydrogens (tertiary/aromatic N) is 1. The van der Waals surface area contributed by atoms with Gasteiger partial charge in [-0.05, 0) is 37.5 Å². The molecule has 19 heavy (non-hydrogen) atoms. The molecule has 2 heterocycles. The normalized spacial score (nSPS) is 32.2. The van der Waals surface area contributed by atoms with Crippen LogP contribution >= 0.6 is 15.9 Å². The Balaban J connectivity index is 1.59. The number of halogens is 1. The van der Waals surface area contributed by atoms with Crippen LogP contribution in [-0.4, -0.2) is 18.8 Å². The number of hydrogen-bond acceptors (Lipinski definition) is 3. The first-order valence-corrected chi connectivity index (χ1v) is 7.46. The van der Waals surface area contributed by atoms with Gasteiger partial charge in [0, 0.05) is 10.9 Å². The molecule has 3 nitrogen and oxygen atoms in total. The van der Waals surface area contributed by atoms with Crippen molar-refractivity contribution in [2.75, 3.05) is 6.61 Å². The number of benzene rings is 1. The van der Waals surface area contributed by atoms with E-state index in [0.29, 0.717) is 12.7 Å². The van der Waals surface area contributed by atoms with E-state index in [1.165, 1.54) is 0 Å². The fourth-order valence-corrected chi connectivity index (χ4v) is 3.52. The maximum absolute atomic E-state index is 9.49. The molecule has 2 aliphatic heterocycles. The zero-order chi connectivity index (χ0) is 13.3. The summed E-state index contributed by atoms with van der Waals surface area (Å²) in [6.07, 6.45) is 4.17. The van der Waals surface area contributed by atoms with Crippen LogP contribution in [0.15, 0.2) is 28.7 Å². The molecule has 100 valence electrons. The van der Waals surface area contributed by atoms with Crippen LogP contribution in [0.1, 0.15) is 25.7 Å². The van der Waals surface area contributed by atoms with E-state index in [1.54, 1.807) is 0 Å². The maximum Gasteiger partial charge on any atom is 0.120 e. The van der Waals surface area contributed by atoms with Crippen LogP contribution in [0, 0.1) is 16.7 Å². The molecule has 0 saturated carbocycles. The lowest BCUT2D eigenvalue weighted by Gasteiger charge is -2.27. The molecule has 0 amide bonds. The van der Waals surface area contributed by atoms with Gasteiger partial charge in [-0.2, -0.15) is 5.26 Å². The van der Waals surface area contributed by atoms with Crippen LogP contribution in [0.2, 0.25) is 0 Å². The molecule has 0 aliphatic carbocycles. The van der Waals surface area contributed by atoms with Gasteiger partial charge in [0.15, 0.2) is 0 Å². The highest BCUT2D eigenvalue weighted by Crippen LogP contribution is 2.49. The first-order valence-electron chi connectivity index (χ1n) is 6.67. The van der Waals surface area contributed by atoms with Gasteiger partial charge in [-0.25, -0.2) is 0 Å². The zero-order valence-electron chi connectivity index (χ0n) is 10.6. The second-order valence-corrected chi connectivity index (χ2v) is 6.27. The summed E-state index contributed by atoms with van der Waals surface area (Å²) < 4.78 is 12.6. The molecule has 0 radical (unpaired) electrons. The van der Waals surface area contributed by atoms with Crippen molar-refractivity contribution in [3.05, 3.63) is 28.7 Å². The minimum absolute atomic E-state index is 0.119. The Kier molecular flexibility index (Phi) is 3.51. The average Bonchev–Trinajstić information content (AvgIpc) is 3.00. The molecule has 1 aromatic rings. The van der Waals surface area contributed by atoms with Gasteiger partial charge >= 0.3 is 0 Å². The third-order valence-corrected chi connectivity index (χ3v) is 4.64. The highest BCUT2D eigenvalue weighted by atomic mass is 79.9. The zero-order valence-corrected chi connectivity index (χ0v) is 12.2.